The van der Waals surface area contributed by atoms with E-state index in [1.54, 1.807) is 25.2 Å². The van der Waals surface area contributed by atoms with Crippen molar-refractivity contribution in [2.24, 2.45) is 0 Å². The first kappa shape index (κ1) is 13.6. The third-order valence-corrected chi connectivity index (χ3v) is 3.23. The highest BCUT2D eigenvalue weighted by molar-refractivity contribution is 5.96. The van der Waals surface area contributed by atoms with Gasteiger partial charge in [0.2, 0.25) is 0 Å². The van der Waals surface area contributed by atoms with E-state index < -0.39 is 5.60 Å². The largest absolute Gasteiger partial charge is 0.397 e. The molecule has 1 amide bonds. The fourth-order valence-electron chi connectivity index (χ4n) is 1.99. The third kappa shape index (κ3) is 3.15. The molecule has 0 spiro atoms. The van der Waals surface area contributed by atoms with Gasteiger partial charge in [-0.25, -0.2) is 0 Å². The number of carbonyl (C=O) groups is 1. The number of amides is 1. The van der Waals surface area contributed by atoms with Gasteiger partial charge in [0.15, 0.2) is 0 Å². The van der Waals surface area contributed by atoms with E-state index in [-0.39, 0.29) is 5.91 Å². The number of aliphatic hydroxyl groups is 1. The molecular formula is C13H19N3O3. The molecule has 1 saturated heterocycles. The molecule has 1 aromatic carbocycles. The highest BCUT2D eigenvalue weighted by Gasteiger charge is 2.32. The molecule has 6 heteroatoms. The summed E-state index contributed by atoms with van der Waals surface area (Å²) in [7, 11) is 1.57. The summed E-state index contributed by atoms with van der Waals surface area (Å²) in [6.45, 7) is 1.22. The SMILES string of the molecule is CNC(=O)c1ccc(N)c(NCC2(O)CCOC2)c1. The van der Waals surface area contributed by atoms with Gasteiger partial charge in [-0.3, -0.25) is 4.79 Å². The number of ether oxygens (including phenoxy) is 1. The number of hydrogen-bond donors (Lipinski definition) is 4. The molecule has 0 radical (unpaired) electrons. The molecule has 104 valence electrons. The summed E-state index contributed by atoms with van der Waals surface area (Å²) in [6.07, 6.45) is 0.592. The molecule has 1 aliphatic heterocycles. The molecule has 1 fully saturated rings. The Morgan fingerprint density at radius 2 is 2.37 bits per heavy atom. The fraction of sp³-hybridized carbons (Fsp3) is 0.462. The molecule has 0 saturated carbocycles. The maximum absolute atomic E-state index is 11.6. The summed E-state index contributed by atoms with van der Waals surface area (Å²) in [6, 6.07) is 5.00. The van der Waals surface area contributed by atoms with Crippen LogP contribution in [0.15, 0.2) is 18.2 Å². The van der Waals surface area contributed by atoms with Crippen molar-refractivity contribution in [1.29, 1.82) is 0 Å². The first-order valence-corrected chi connectivity index (χ1v) is 6.20. The Bertz CT molecular complexity index is 470. The zero-order chi connectivity index (χ0) is 13.9. The molecule has 6 nitrogen and oxygen atoms in total. The smallest absolute Gasteiger partial charge is 0.251 e. The van der Waals surface area contributed by atoms with Gasteiger partial charge in [0.25, 0.3) is 5.91 Å². The van der Waals surface area contributed by atoms with Crippen molar-refractivity contribution in [3.63, 3.8) is 0 Å². The zero-order valence-electron chi connectivity index (χ0n) is 10.9. The molecule has 19 heavy (non-hydrogen) atoms. The Hall–Kier alpha value is -1.79. The lowest BCUT2D eigenvalue weighted by Gasteiger charge is -2.22. The van der Waals surface area contributed by atoms with E-state index in [1.807, 2.05) is 0 Å². The van der Waals surface area contributed by atoms with Gasteiger partial charge in [-0.05, 0) is 18.2 Å². The van der Waals surface area contributed by atoms with Crippen LogP contribution in [0.3, 0.4) is 0 Å². The van der Waals surface area contributed by atoms with Gasteiger partial charge in [-0.15, -0.1) is 0 Å². The van der Waals surface area contributed by atoms with Crippen molar-refractivity contribution >= 4 is 17.3 Å². The van der Waals surface area contributed by atoms with Crippen LogP contribution >= 0.6 is 0 Å². The van der Waals surface area contributed by atoms with Crippen LogP contribution < -0.4 is 16.4 Å². The van der Waals surface area contributed by atoms with Crippen LogP contribution in [0.2, 0.25) is 0 Å². The number of anilines is 2. The van der Waals surface area contributed by atoms with Gasteiger partial charge in [0, 0.05) is 32.2 Å². The topological polar surface area (TPSA) is 96.6 Å². The van der Waals surface area contributed by atoms with E-state index in [0.717, 1.165) is 0 Å². The highest BCUT2D eigenvalue weighted by atomic mass is 16.5. The first-order valence-electron chi connectivity index (χ1n) is 6.20. The molecule has 0 aliphatic carbocycles. The number of hydrogen-bond acceptors (Lipinski definition) is 5. The van der Waals surface area contributed by atoms with Crippen LogP contribution in [-0.4, -0.2) is 43.4 Å². The Morgan fingerprint density at radius 1 is 1.58 bits per heavy atom. The Labute approximate surface area is 111 Å². The van der Waals surface area contributed by atoms with Crippen LogP contribution in [0.1, 0.15) is 16.8 Å². The predicted molar refractivity (Wildman–Crippen MR) is 73.1 cm³/mol. The van der Waals surface area contributed by atoms with E-state index in [0.29, 0.717) is 43.1 Å². The summed E-state index contributed by atoms with van der Waals surface area (Å²) >= 11 is 0. The van der Waals surface area contributed by atoms with Gasteiger partial charge >= 0.3 is 0 Å². The normalized spacial score (nSPS) is 22.2. The van der Waals surface area contributed by atoms with Crippen LogP contribution in [0.4, 0.5) is 11.4 Å². The van der Waals surface area contributed by atoms with Crippen molar-refractivity contribution in [3.8, 4) is 0 Å². The van der Waals surface area contributed by atoms with Crippen LogP contribution in [0, 0.1) is 0 Å². The number of nitrogens with two attached hydrogens (primary N) is 1. The number of carbonyl (C=O) groups excluding carboxylic acids is 1. The molecule has 1 aliphatic rings. The second kappa shape index (κ2) is 5.46. The summed E-state index contributed by atoms with van der Waals surface area (Å²) in [5.74, 6) is -0.175. The van der Waals surface area contributed by atoms with Crippen molar-refractivity contribution < 1.29 is 14.6 Å². The second-order valence-corrected chi connectivity index (χ2v) is 4.76. The van der Waals surface area contributed by atoms with E-state index in [4.69, 9.17) is 10.5 Å². The van der Waals surface area contributed by atoms with Crippen molar-refractivity contribution in [1.82, 2.24) is 5.32 Å². The molecule has 1 atom stereocenters. The number of nitrogens with one attached hydrogen (secondary N) is 2. The van der Waals surface area contributed by atoms with Gasteiger partial charge < -0.3 is 26.2 Å². The lowest BCUT2D eigenvalue weighted by molar-refractivity contribution is 0.0382. The number of nitrogen functional groups attached to an aromatic ring is 1. The van der Waals surface area contributed by atoms with E-state index >= 15 is 0 Å². The fourth-order valence-corrected chi connectivity index (χ4v) is 1.99. The minimum absolute atomic E-state index is 0.175. The Balaban J connectivity index is 2.08. The molecular weight excluding hydrogens is 246 g/mol. The molecule has 2 rings (SSSR count). The average molecular weight is 265 g/mol. The average Bonchev–Trinajstić information content (AvgIpc) is 2.84. The standard InChI is InChI=1S/C13H19N3O3/c1-15-12(17)9-2-3-10(14)11(6-9)16-7-13(18)4-5-19-8-13/h2-3,6,16,18H,4-5,7-8,14H2,1H3,(H,15,17). The highest BCUT2D eigenvalue weighted by Crippen LogP contribution is 2.23. The summed E-state index contributed by atoms with van der Waals surface area (Å²) in [4.78, 5) is 11.6. The van der Waals surface area contributed by atoms with Crippen LogP contribution in [-0.2, 0) is 4.74 Å². The van der Waals surface area contributed by atoms with Crippen LogP contribution in [0.25, 0.3) is 0 Å². The molecule has 5 N–H and O–H groups in total. The predicted octanol–water partition coefficient (Wildman–Crippen LogP) is 0.192. The number of rotatable bonds is 4. The third-order valence-electron chi connectivity index (χ3n) is 3.23. The van der Waals surface area contributed by atoms with Crippen molar-refractivity contribution in [3.05, 3.63) is 23.8 Å². The lowest BCUT2D eigenvalue weighted by Crippen LogP contribution is -2.37. The Morgan fingerprint density at radius 3 is 3.00 bits per heavy atom. The summed E-state index contributed by atoms with van der Waals surface area (Å²) in [5, 5.41) is 15.8. The maximum atomic E-state index is 11.6. The summed E-state index contributed by atoms with van der Waals surface area (Å²) < 4.78 is 5.17. The van der Waals surface area contributed by atoms with Gasteiger partial charge in [0.05, 0.1) is 18.0 Å². The molecule has 1 unspecified atom stereocenters. The quantitative estimate of drug-likeness (QED) is 0.583. The molecule has 0 bridgehead atoms. The first-order chi connectivity index (χ1) is 9.04. The second-order valence-electron chi connectivity index (χ2n) is 4.76. The Kier molecular flexibility index (Phi) is 3.92. The molecule has 1 aromatic rings. The minimum atomic E-state index is -0.866. The minimum Gasteiger partial charge on any atom is -0.397 e. The van der Waals surface area contributed by atoms with Crippen molar-refractivity contribution in [2.45, 2.75) is 12.0 Å². The summed E-state index contributed by atoms with van der Waals surface area (Å²) in [5.41, 5.74) is 6.69. The van der Waals surface area contributed by atoms with Gasteiger partial charge in [-0.1, -0.05) is 0 Å². The number of benzene rings is 1. The van der Waals surface area contributed by atoms with Gasteiger partial charge in [-0.2, -0.15) is 0 Å². The van der Waals surface area contributed by atoms with E-state index in [9.17, 15) is 9.90 Å². The zero-order valence-corrected chi connectivity index (χ0v) is 10.9. The van der Waals surface area contributed by atoms with E-state index in [2.05, 4.69) is 10.6 Å². The van der Waals surface area contributed by atoms with Gasteiger partial charge in [0.1, 0.15) is 5.60 Å². The monoisotopic (exact) mass is 265 g/mol. The van der Waals surface area contributed by atoms with Crippen molar-refractivity contribution in [2.75, 3.05) is 37.9 Å². The van der Waals surface area contributed by atoms with E-state index in [1.165, 1.54) is 0 Å². The molecule has 0 aromatic heterocycles. The molecule has 1 heterocycles. The maximum Gasteiger partial charge on any atom is 0.251 e. The van der Waals surface area contributed by atoms with Crippen LogP contribution in [0.5, 0.6) is 0 Å². The lowest BCUT2D eigenvalue weighted by atomic mass is 10.0.